The first-order valence-electron chi connectivity index (χ1n) is 7.90. The molecule has 2 fully saturated rings. The van der Waals surface area contributed by atoms with Crippen molar-refractivity contribution < 1.29 is 9.59 Å². The van der Waals surface area contributed by atoms with Gasteiger partial charge in [-0.1, -0.05) is 19.3 Å². The summed E-state index contributed by atoms with van der Waals surface area (Å²) in [6, 6.07) is -0.0931. The lowest BCUT2D eigenvalue weighted by Crippen LogP contribution is -2.52. The highest BCUT2D eigenvalue weighted by atomic mass is 16.2. The summed E-state index contributed by atoms with van der Waals surface area (Å²) in [5.41, 5.74) is 5.66. The Balaban J connectivity index is 1.78. The molecular weight excluding hydrogens is 254 g/mol. The molecule has 1 saturated carbocycles. The number of amides is 2. The van der Waals surface area contributed by atoms with Crippen molar-refractivity contribution in [3.05, 3.63) is 0 Å². The summed E-state index contributed by atoms with van der Waals surface area (Å²) in [5.74, 6) is 0.656. The van der Waals surface area contributed by atoms with Gasteiger partial charge < -0.3 is 15.5 Å². The van der Waals surface area contributed by atoms with Gasteiger partial charge in [-0.3, -0.25) is 9.59 Å². The largest absolute Gasteiger partial charge is 0.339 e. The molecular formula is C15H27N3O2. The van der Waals surface area contributed by atoms with E-state index in [1.54, 1.807) is 0 Å². The minimum atomic E-state index is -0.0931. The summed E-state index contributed by atoms with van der Waals surface area (Å²) >= 11 is 0. The number of rotatable bonds is 3. The topological polar surface area (TPSA) is 66.6 Å². The van der Waals surface area contributed by atoms with Gasteiger partial charge in [-0.15, -0.1) is 0 Å². The van der Waals surface area contributed by atoms with Crippen LogP contribution in [0.25, 0.3) is 0 Å². The molecule has 1 aliphatic heterocycles. The average Bonchev–Trinajstić information content (AvgIpc) is 2.47. The molecule has 2 amide bonds. The molecule has 0 aromatic carbocycles. The van der Waals surface area contributed by atoms with E-state index in [1.807, 2.05) is 16.7 Å². The maximum Gasteiger partial charge on any atom is 0.225 e. The van der Waals surface area contributed by atoms with Crippen LogP contribution in [-0.2, 0) is 9.59 Å². The number of piperazine rings is 1. The first-order chi connectivity index (χ1) is 9.58. The Morgan fingerprint density at radius 2 is 1.60 bits per heavy atom. The molecule has 1 saturated heterocycles. The Bertz CT molecular complexity index is 343. The van der Waals surface area contributed by atoms with Crippen LogP contribution in [0.5, 0.6) is 0 Å². The van der Waals surface area contributed by atoms with E-state index < -0.39 is 0 Å². The van der Waals surface area contributed by atoms with Gasteiger partial charge in [0.2, 0.25) is 11.8 Å². The molecule has 5 nitrogen and oxygen atoms in total. The third-order valence-corrected chi connectivity index (χ3v) is 4.40. The van der Waals surface area contributed by atoms with Crippen LogP contribution in [0.1, 0.15) is 45.4 Å². The van der Waals surface area contributed by atoms with Crippen molar-refractivity contribution in [3.8, 4) is 0 Å². The van der Waals surface area contributed by atoms with Crippen molar-refractivity contribution in [2.75, 3.05) is 26.2 Å². The number of carbonyl (C=O) groups excluding carboxylic acids is 2. The van der Waals surface area contributed by atoms with Crippen LogP contribution < -0.4 is 5.73 Å². The maximum atomic E-state index is 12.4. The summed E-state index contributed by atoms with van der Waals surface area (Å²) < 4.78 is 0. The molecule has 0 radical (unpaired) electrons. The van der Waals surface area contributed by atoms with Crippen molar-refractivity contribution in [1.29, 1.82) is 0 Å². The Morgan fingerprint density at radius 3 is 2.15 bits per heavy atom. The van der Waals surface area contributed by atoms with Gasteiger partial charge in [0.15, 0.2) is 0 Å². The molecule has 0 bridgehead atoms. The smallest absolute Gasteiger partial charge is 0.225 e. The lowest BCUT2D eigenvalue weighted by molar-refractivity contribution is -0.143. The van der Waals surface area contributed by atoms with E-state index in [9.17, 15) is 9.59 Å². The second-order valence-corrected chi connectivity index (χ2v) is 6.22. The molecule has 2 N–H and O–H groups in total. The molecule has 0 aromatic rings. The van der Waals surface area contributed by atoms with Crippen LogP contribution in [-0.4, -0.2) is 53.8 Å². The Hall–Kier alpha value is -1.10. The summed E-state index contributed by atoms with van der Waals surface area (Å²) in [6.45, 7) is 4.52. The summed E-state index contributed by atoms with van der Waals surface area (Å²) in [6.07, 6.45) is 6.12. The lowest BCUT2D eigenvalue weighted by Gasteiger charge is -2.37. The monoisotopic (exact) mass is 281 g/mol. The van der Waals surface area contributed by atoms with Gasteiger partial charge in [0, 0.05) is 44.6 Å². The number of hydrogen-bond donors (Lipinski definition) is 1. The van der Waals surface area contributed by atoms with E-state index in [-0.39, 0.29) is 17.9 Å². The van der Waals surface area contributed by atoms with Crippen LogP contribution in [0, 0.1) is 5.92 Å². The zero-order valence-electron chi connectivity index (χ0n) is 12.5. The Labute approximate surface area is 121 Å². The summed E-state index contributed by atoms with van der Waals surface area (Å²) in [4.78, 5) is 28.1. The van der Waals surface area contributed by atoms with E-state index in [0.29, 0.717) is 38.5 Å². The molecule has 20 heavy (non-hydrogen) atoms. The van der Waals surface area contributed by atoms with Gasteiger partial charge >= 0.3 is 0 Å². The first-order valence-corrected chi connectivity index (χ1v) is 7.90. The number of nitrogens with zero attached hydrogens (tertiary/aromatic N) is 2. The fourth-order valence-electron chi connectivity index (χ4n) is 3.19. The standard InChI is InChI=1S/C15H27N3O2/c1-12(16)11-14(19)17-7-9-18(10-8-17)15(20)13-5-3-2-4-6-13/h12-13H,2-11,16H2,1H3. The fourth-order valence-corrected chi connectivity index (χ4v) is 3.19. The van der Waals surface area contributed by atoms with Crippen LogP contribution in [0.2, 0.25) is 0 Å². The summed E-state index contributed by atoms with van der Waals surface area (Å²) in [7, 11) is 0. The molecule has 2 aliphatic rings. The van der Waals surface area contributed by atoms with Gasteiger partial charge in [0.05, 0.1) is 0 Å². The van der Waals surface area contributed by atoms with E-state index >= 15 is 0 Å². The molecule has 1 unspecified atom stereocenters. The highest BCUT2D eigenvalue weighted by molar-refractivity contribution is 5.80. The van der Waals surface area contributed by atoms with Crippen molar-refractivity contribution in [2.45, 2.75) is 51.5 Å². The van der Waals surface area contributed by atoms with Gasteiger partial charge in [-0.05, 0) is 19.8 Å². The lowest BCUT2D eigenvalue weighted by atomic mass is 9.88. The molecule has 1 heterocycles. The third kappa shape index (κ3) is 3.95. The quantitative estimate of drug-likeness (QED) is 0.838. The molecule has 1 atom stereocenters. The van der Waals surface area contributed by atoms with E-state index in [4.69, 9.17) is 5.73 Å². The zero-order valence-corrected chi connectivity index (χ0v) is 12.5. The highest BCUT2D eigenvalue weighted by Gasteiger charge is 2.29. The van der Waals surface area contributed by atoms with Crippen LogP contribution in [0.4, 0.5) is 0 Å². The molecule has 1 aliphatic carbocycles. The third-order valence-electron chi connectivity index (χ3n) is 4.40. The molecule has 2 rings (SSSR count). The Kier molecular flexibility index (Phi) is 5.40. The number of nitrogens with two attached hydrogens (primary N) is 1. The van der Waals surface area contributed by atoms with Crippen LogP contribution in [0.3, 0.4) is 0 Å². The van der Waals surface area contributed by atoms with Gasteiger partial charge in [0.25, 0.3) is 0 Å². The normalized spacial score (nSPS) is 22.7. The zero-order chi connectivity index (χ0) is 14.5. The summed E-state index contributed by atoms with van der Waals surface area (Å²) in [5, 5.41) is 0. The second-order valence-electron chi connectivity index (χ2n) is 6.22. The van der Waals surface area contributed by atoms with Crippen LogP contribution >= 0.6 is 0 Å². The van der Waals surface area contributed by atoms with E-state index in [0.717, 1.165) is 12.8 Å². The molecule has 114 valence electrons. The van der Waals surface area contributed by atoms with E-state index in [2.05, 4.69) is 0 Å². The maximum absolute atomic E-state index is 12.4. The minimum Gasteiger partial charge on any atom is -0.339 e. The van der Waals surface area contributed by atoms with Gasteiger partial charge in [-0.25, -0.2) is 0 Å². The van der Waals surface area contributed by atoms with Gasteiger partial charge in [-0.2, -0.15) is 0 Å². The number of hydrogen-bond acceptors (Lipinski definition) is 3. The predicted molar refractivity (Wildman–Crippen MR) is 78.0 cm³/mol. The average molecular weight is 281 g/mol. The highest BCUT2D eigenvalue weighted by Crippen LogP contribution is 2.25. The molecule has 5 heteroatoms. The number of carbonyl (C=O) groups is 2. The molecule has 0 aromatic heterocycles. The van der Waals surface area contributed by atoms with Crippen molar-refractivity contribution in [2.24, 2.45) is 11.7 Å². The minimum absolute atomic E-state index is 0.0931. The Morgan fingerprint density at radius 1 is 1.05 bits per heavy atom. The van der Waals surface area contributed by atoms with Crippen molar-refractivity contribution >= 4 is 11.8 Å². The predicted octanol–water partition coefficient (Wildman–Crippen LogP) is 0.975. The van der Waals surface area contributed by atoms with Crippen molar-refractivity contribution in [1.82, 2.24) is 9.80 Å². The van der Waals surface area contributed by atoms with Gasteiger partial charge in [0.1, 0.15) is 0 Å². The SMILES string of the molecule is CC(N)CC(=O)N1CCN(C(=O)C2CCCCC2)CC1. The second kappa shape index (κ2) is 7.07. The van der Waals surface area contributed by atoms with Crippen LogP contribution in [0.15, 0.2) is 0 Å². The fraction of sp³-hybridized carbons (Fsp3) is 0.867. The van der Waals surface area contributed by atoms with Crippen molar-refractivity contribution in [3.63, 3.8) is 0 Å². The van der Waals surface area contributed by atoms with E-state index in [1.165, 1.54) is 19.3 Å². The molecule has 0 spiro atoms. The first kappa shape index (κ1) is 15.3.